The van der Waals surface area contributed by atoms with Crippen LogP contribution >= 0.6 is 11.6 Å². The number of hydrogen-bond donors (Lipinski definition) is 1. The molecule has 0 saturated carbocycles. The minimum atomic E-state index is -4.03. The second-order valence-electron chi connectivity index (χ2n) is 9.08. The summed E-state index contributed by atoms with van der Waals surface area (Å²) < 4.78 is 39.7. The molecule has 1 atom stereocenters. The average Bonchev–Trinajstić information content (AvgIpc) is 3.37. The minimum absolute atomic E-state index is 0.0205. The lowest BCUT2D eigenvalue weighted by molar-refractivity contribution is -0.136. The van der Waals surface area contributed by atoms with Crippen molar-refractivity contribution in [2.24, 2.45) is 0 Å². The third-order valence-electron chi connectivity index (χ3n) is 6.43. The Hall–Kier alpha value is -3.46. The number of nitrogens with one attached hydrogen (secondary N) is 1. The zero-order chi connectivity index (χ0) is 26.2. The number of hydrogen-bond acceptors (Lipinski definition) is 6. The molecule has 1 unspecified atom stereocenters. The normalized spacial score (nSPS) is 13.9. The molecule has 1 aromatic heterocycles. The summed E-state index contributed by atoms with van der Waals surface area (Å²) in [5, 5.41) is 0.862. The molecule has 190 valence electrons. The van der Waals surface area contributed by atoms with Gasteiger partial charge in [-0.05, 0) is 61.9 Å². The van der Waals surface area contributed by atoms with Crippen molar-refractivity contribution in [1.29, 1.82) is 0 Å². The predicted octanol–water partition coefficient (Wildman–Crippen LogP) is 4.74. The van der Waals surface area contributed by atoms with E-state index in [1.165, 1.54) is 18.2 Å². The van der Waals surface area contributed by atoms with Crippen LogP contribution in [0.3, 0.4) is 0 Å². The quantitative estimate of drug-likeness (QED) is 0.207. The molecule has 0 radical (unpaired) electrons. The van der Waals surface area contributed by atoms with Crippen molar-refractivity contribution >= 4 is 38.6 Å². The summed E-state index contributed by atoms with van der Waals surface area (Å²) in [5.74, 6) is -0.864. The van der Waals surface area contributed by atoms with E-state index in [1.54, 1.807) is 42.5 Å². The molecule has 9 heteroatoms. The fraction of sp³-hybridized carbons (Fsp3) is 0.214. The molecule has 0 fully saturated rings. The highest BCUT2D eigenvalue weighted by molar-refractivity contribution is 7.89. The number of halogens is 1. The maximum atomic E-state index is 13.3. The van der Waals surface area contributed by atoms with Crippen LogP contribution < -0.4 is 15.1 Å². The molecule has 1 heterocycles. The van der Waals surface area contributed by atoms with Crippen LogP contribution in [0.5, 0.6) is 5.75 Å². The van der Waals surface area contributed by atoms with Crippen LogP contribution in [-0.2, 0) is 34.1 Å². The van der Waals surface area contributed by atoms with Crippen molar-refractivity contribution in [3.8, 4) is 5.75 Å². The van der Waals surface area contributed by atoms with Gasteiger partial charge >= 0.3 is 11.6 Å². The summed E-state index contributed by atoms with van der Waals surface area (Å²) in [6.45, 7) is 1.85. The molecule has 1 aliphatic rings. The van der Waals surface area contributed by atoms with Crippen LogP contribution in [0.2, 0.25) is 5.02 Å². The van der Waals surface area contributed by atoms with E-state index in [1.807, 2.05) is 13.0 Å². The fourth-order valence-electron chi connectivity index (χ4n) is 4.54. The summed E-state index contributed by atoms with van der Waals surface area (Å²) in [5.41, 5.74) is 3.05. The van der Waals surface area contributed by atoms with Crippen molar-refractivity contribution in [2.45, 2.75) is 43.5 Å². The molecule has 37 heavy (non-hydrogen) atoms. The van der Waals surface area contributed by atoms with E-state index in [9.17, 15) is 18.0 Å². The van der Waals surface area contributed by atoms with Crippen molar-refractivity contribution in [2.75, 3.05) is 0 Å². The molecule has 0 bridgehead atoms. The van der Waals surface area contributed by atoms with Crippen molar-refractivity contribution < 1.29 is 22.4 Å². The van der Waals surface area contributed by atoms with Gasteiger partial charge in [0.15, 0.2) is 5.75 Å². The van der Waals surface area contributed by atoms with Gasteiger partial charge in [0.05, 0.1) is 9.92 Å². The third kappa shape index (κ3) is 5.32. The number of aryl methyl sites for hydroxylation is 2. The first-order valence-electron chi connectivity index (χ1n) is 11.8. The first kappa shape index (κ1) is 25.2. The van der Waals surface area contributed by atoms with Gasteiger partial charge in [-0.15, -0.1) is 0 Å². The maximum absolute atomic E-state index is 13.3. The van der Waals surface area contributed by atoms with Gasteiger partial charge in [-0.2, -0.15) is 4.72 Å². The lowest BCUT2D eigenvalue weighted by Crippen LogP contribution is -2.44. The lowest BCUT2D eigenvalue weighted by Gasteiger charge is -2.19. The summed E-state index contributed by atoms with van der Waals surface area (Å²) in [7, 11) is -4.03. The number of ether oxygens (including phenoxy) is 1. The summed E-state index contributed by atoms with van der Waals surface area (Å²) >= 11 is 6.46. The second-order valence-corrected chi connectivity index (χ2v) is 11.2. The van der Waals surface area contributed by atoms with Gasteiger partial charge in [-0.1, -0.05) is 59.6 Å². The summed E-state index contributed by atoms with van der Waals surface area (Å²) in [6.07, 6.45) is 2.31. The first-order chi connectivity index (χ1) is 17.7. The standard InChI is InChI=1S/C28H24ClNO6S/c1-17-10-12-19(13-11-17)37(33,34)30-24(14-18-6-3-2-4-7-18)28(32)36-26-16-25-22(15-23(26)29)20-8-5-9-21(20)27(31)35-25/h2-4,6-7,10-13,15-16,24,30H,5,8-9,14H2,1H3. The Bertz CT molecular complexity index is 1650. The number of carbonyl (C=O) groups excluding carboxylic acids is 1. The van der Waals surface area contributed by atoms with Gasteiger partial charge in [0.1, 0.15) is 11.6 Å². The van der Waals surface area contributed by atoms with Gasteiger partial charge in [-0.25, -0.2) is 18.0 Å². The number of sulfonamides is 1. The molecule has 0 amide bonds. The van der Waals surface area contributed by atoms with Gasteiger partial charge < -0.3 is 9.15 Å². The van der Waals surface area contributed by atoms with E-state index in [2.05, 4.69) is 4.72 Å². The molecule has 3 aromatic carbocycles. The van der Waals surface area contributed by atoms with Gasteiger partial charge in [-0.3, -0.25) is 0 Å². The van der Waals surface area contributed by atoms with Crippen molar-refractivity contribution in [3.05, 3.63) is 104 Å². The van der Waals surface area contributed by atoms with E-state index >= 15 is 0 Å². The largest absolute Gasteiger partial charge is 0.424 e. The predicted molar refractivity (Wildman–Crippen MR) is 141 cm³/mol. The van der Waals surface area contributed by atoms with E-state index in [0.29, 0.717) is 17.4 Å². The Morgan fingerprint density at radius 2 is 1.76 bits per heavy atom. The maximum Gasteiger partial charge on any atom is 0.339 e. The number of benzene rings is 3. The van der Waals surface area contributed by atoms with E-state index in [-0.39, 0.29) is 27.7 Å². The molecular formula is C28H24ClNO6S. The highest BCUT2D eigenvalue weighted by Crippen LogP contribution is 2.35. The molecule has 0 spiro atoms. The number of esters is 1. The molecule has 0 saturated heterocycles. The third-order valence-corrected chi connectivity index (χ3v) is 8.22. The van der Waals surface area contributed by atoms with Crippen molar-refractivity contribution in [3.63, 3.8) is 0 Å². The van der Waals surface area contributed by atoms with Gasteiger partial charge in [0.25, 0.3) is 0 Å². The Morgan fingerprint density at radius 3 is 2.49 bits per heavy atom. The zero-order valence-corrected chi connectivity index (χ0v) is 21.6. The van der Waals surface area contributed by atoms with Gasteiger partial charge in [0.2, 0.25) is 10.0 Å². The van der Waals surface area contributed by atoms with Crippen LogP contribution in [0, 0.1) is 6.92 Å². The Morgan fingerprint density at radius 1 is 1.05 bits per heavy atom. The topological polar surface area (TPSA) is 103 Å². The van der Waals surface area contributed by atoms with Crippen LogP contribution in [0.4, 0.5) is 0 Å². The highest BCUT2D eigenvalue weighted by Gasteiger charge is 2.29. The molecule has 0 aliphatic heterocycles. The highest BCUT2D eigenvalue weighted by atomic mass is 35.5. The zero-order valence-electron chi connectivity index (χ0n) is 20.0. The Balaban J connectivity index is 1.47. The molecule has 1 aliphatic carbocycles. The number of carbonyl (C=O) groups is 1. The Labute approximate surface area is 219 Å². The first-order valence-corrected chi connectivity index (χ1v) is 13.7. The smallest absolute Gasteiger partial charge is 0.339 e. The van der Waals surface area contributed by atoms with Crippen molar-refractivity contribution in [1.82, 2.24) is 4.72 Å². The van der Waals surface area contributed by atoms with E-state index in [0.717, 1.165) is 29.5 Å². The lowest BCUT2D eigenvalue weighted by atomic mass is 10.1. The van der Waals surface area contributed by atoms with Crippen LogP contribution in [0.1, 0.15) is 28.7 Å². The fourth-order valence-corrected chi connectivity index (χ4v) is 5.92. The van der Waals surface area contributed by atoms with Gasteiger partial charge in [0, 0.05) is 17.0 Å². The Kier molecular flexibility index (Phi) is 6.90. The number of fused-ring (bicyclic) bond motifs is 3. The molecule has 1 N–H and O–H groups in total. The molecular weight excluding hydrogens is 514 g/mol. The minimum Gasteiger partial charge on any atom is -0.424 e. The second kappa shape index (κ2) is 10.1. The number of rotatable bonds is 7. The monoisotopic (exact) mass is 537 g/mol. The van der Waals surface area contributed by atoms with Crippen LogP contribution in [0.15, 0.2) is 80.8 Å². The molecule has 7 nitrogen and oxygen atoms in total. The summed E-state index contributed by atoms with van der Waals surface area (Å²) in [6, 6.07) is 17.1. The van der Waals surface area contributed by atoms with Crippen LogP contribution in [0.25, 0.3) is 11.0 Å². The SMILES string of the molecule is Cc1ccc(S(=O)(=O)NC(Cc2ccccc2)C(=O)Oc2cc3oc(=O)c4c(c3cc2Cl)CCC4)cc1. The molecule has 5 rings (SSSR count). The molecule has 4 aromatic rings. The summed E-state index contributed by atoms with van der Waals surface area (Å²) in [4.78, 5) is 25.7. The average molecular weight is 538 g/mol. The van der Waals surface area contributed by atoms with E-state index in [4.69, 9.17) is 20.8 Å². The van der Waals surface area contributed by atoms with E-state index < -0.39 is 27.7 Å². The van der Waals surface area contributed by atoms with Crippen LogP contribution in [-0.4, -0.2) is 20.4 Å².